The lowest BCUT2D eigenvalue weighted by molar-refractivity contribution is -0.124. The van der Waals surface area contributed by atoms with Gasteiger partial charge in [0.05, 0.1) is 12.1 Å². The monoisotopic (exact) mass is 315 g/mol. The molecule has 0 aromatic carbocycles. The zero-order valence-electron chi connectivity index (χ0n) is 12.6. The van der Waals surface area contributed by atoms with Gasteiger partial charge in [-0.05, 0) is 55.8 Å². The second kappa shape index (κ2) is 4.82. The minimum absolute atomic E-state index is 0.156. The largest absolute Gasteiger partial charge is 0.352 e. The molecular weight excluding hydrogens is 294 g/mol. The molecule has 1 amide bonds. The molecule has 4 saturated carbocycles. The Morgan fingerprint density at radius 2 is 1.95 bits per heavy atom. The number of rotatable bonds is 3. The summed E-state index contributed by atoms with van der Waals surface area (Å²) < 4.78 is 2.00. The quantitative estimate of drug-likeness (QED) is 0.946. The van der Waals surface area contributed by atoms with Crippen molar-refractivity contribution in [2.45, 2.75) is 44.6 Å². The minimum atomic E-state index is 0.156. The van der Waals surface area contributed by atoms with Crippen LogP contribution in [0, 0.1) is 23.7 Å². The van der Waals surface area contributed by atoms with Crippen LogP contribution in [-0.4, -0.2) is 21.3 Å². The molecule has 0 radical (unpaired) electrons. The standard InChI is InChI=1S/C17H21N3OS/c21-15(8-14-9-20-1-2-22-17(20)18-14)19-16-12-4-10-3-11(6-12)7-13(16)5-10/h1-2,9-13,16H,3-8H2,(H,19,21). The van der Waals surface area contributed by atoms with Gasteiger partial charge in [-0.15, -0.1) is 11.3 Å². The SMILES string of the molecule is O=C(Cc1cn2ccsc2n1)NC1C2CC3CC(C2)CC1C3. The van der Waals surface area contributed by atoms with Crippen LogP contribution >= 0.6 is 11.3 Å². The highest BCUT2D eigenvalue weighted by atomic mass is 32.1. The molecule has 22 heavy (non-hydrogen) atoms. The zero-order chi connectivity index (χ0) is 14.7. The smallest absolute Gasteiger partial charge is 0.226 e. The van der Waals surface area contributed by atoms with E-state index in [1.54, 1.807) is 11.3 Å². The van der Waals surface area contributed by atoms with Crippen LogP contribution in [0.1, 0.15) is 37.8 Å². The first-order chi connectivity index (χ1) is 10.7. The maximum Gasteiger partial charge on any atom is 0.226 e. The van der Waals surface area contributed by atoms with Crippen LogP contribution in [-0.2, 0) is 11.2 Å². The number of carbonyl (C=O) groups is 1. The van der Waals surface area contributed by atoms with Crippen LogP contribution in [0.5, 0.6) is 0 Å². The highest BCUT2D eigenvalue weighted by Gasteiger charge is 2.48. The molecule has 6 rings (SSSR count). The zero-order valence-corrected chi connectivity index (χ0v) is 13.4. The number of aromatic nitrogens is 2. The normalized spacial score (nSPS) is 36.1. The van der Waals surface area contributed by atoms with E-state index < -0.39 is 0 Å². The average Bonchev–Trinajstić information content (AvgIpc) is 3.03. The summed E-state index contributed by atoms with van der Waals surface area (Å²) in [5, 5.41) is 5.38. The van der Waals surface area contributed by atoms with Gasteiger partial charge in [0, 0.05) is 23.8 Å². The van der Waals surface area contributed by atoms with Gasteiger partial charge in [-0.25, -0.2) is 4.98 Å². The molecule has 2 aromatic rings. The number of carbonyl (C=O) groups excluding carboxylic acids is 1. The summed E-state index contributed by atoms with van der Waals surface area (Å²) in [5.74, 6) is 3.55. The molecule has 2 heterocycles. The van der Waals surface area contributed by atoms with E-state index in [1.165, 1.54) is 32.1 Å². The first-order valence-corrected chi connectivity index (χ1v) is 9.33. The van der Waals surface area contributed by atoms with Crippen molar-refractivity contribution >= 4 is 22.2 Å². The molecule has 5 heteroatoms. The molecular formula is C17H21N3OS. The second-order valence-corrected chi connectivity index (χ2v) is 8.40. The van der Waals surface area contributed by atoms with Crippen molar-refractivity contribution < 1.29 is 4.79 Å². The lowest BCUT2D eigenvalue weighted by Crippen LogP contribution is -2.56. The van der Waals surface area contributed by atoms with E-state index in [0.717, 1.165) is 34.3 Å². The van der Waals surface area contributed by atoms with Gasteiger partial charge in [-0.1, -0.05) is 0 Å². The fourth-order valence-corrected chi connectivity index (χ4v) is 6.14. The van der Waals surface area contributed by atoms with Crippen LogP contribution in [0.3, 0.4) is 0 Å². The maximum absolute atomic E-state index is 12.4. The number of nitrogens with one attached hydrogen (secondary N) is 1. The molecule has 0 saturated heterocycles. The Morgan fingerprint density at radius 1 is 1.23 bits per heavy atom. The minimum Gasteiger partial charge on any atom is -0.352 e. The number of hydrogen-bond acceptors (Lipinski definition) is 3. The van der Waals surface area contributed by atoms with Gasteiger partial charge in [-0.2, -0.15) is 0 Å². The van der Waals surface area contributed by atoms with Crippen LogP contribution in [0.25, 0.3) is 4.96 Å². The first-order valence-electron chi connectivity index (χ1n) is 8.45. The fraction of sp³-hybridized carbons (Fsp3) is 0.647. The van der Waals surface area contributed by atoms with Crippen molar-refractivity contribution in [1.82, 2.24) is 14.7 Å². The number of thiazole rings is 1. The Bertz CT molecular complexity index is 662. The third-order valence-corrected chi connectivity index (χ3v) is 6.81. The molecule has 4 fully saturated rings. The number of hydrogen-bond donors (Lipinski definition) is 1. The summed E-state index contributed by atoms with van der Waals surface area (Å²) >= 11 is 1.61. The van der Waals surface area contributed by atoms with E-state index in [0.29, 0.717) is 12.5 Å². The Morgan fingerprint density at radius 3 is 2.64 bits per heavy atom. The van der Waals surface area contributed by atoms with Gasteiger partial charge in [0.1, 0.15) is 0 Å². The van der Waals surface area contributed by atoms with Crippen LogP contribution in [0.15, 0.2) is 17.8 Å². The Balaban J connectivity index is 1.27. The first kappa shape index (κ1) is 13.1. The van der Waals surface area contributed by atoms with Gasteiger partial charge < -0.3 is 5.32 Å². The van der Waals surface area contributed by atoms with Crippen LogP contribution in [0.2, 0.25) is 0 Å². The van der Waals surface area contributed by atoms with Gasteiger partial charge in [0.2, 0.25) is 5.91 Å². The summed E-state index contributed by atoms with van der Waals surface area (Å²) in [5.41, 5.74) is 0.883. The van der Waals surface area contributed by atoms with Crippen molar-refractivity contribution in [3.8, 4) is 0 Å². The molecule has 0 aliphatic heterocycles. The van der Waals surface area contributed by atoms with Crippen LogP contribution in [0.4, 0.5) is 0 Å². The molecule has 0 unspecified atom stereocenters. The average molecular weight is 315 g/mol. The highest BCUT2D eigenvalue weighted by molar-refractivity contribution is 7.15. The molecule has 4 bridgehead atoms. The Kier molecular flexibility index (Phi) is 2.87. The lowest BCUT2D eigenvalue weighted by atomic mass is 9.54. The Hall–Kier alpha value is -1.36. The van der Waals surface area contributed by atoms with Crippen LogP contribution < -0.4 is 5.32 Å². The maximum atomic E-state index is 12.4. The second-order valence-electron chi connectivity index (χ2n) is 7.53. The van der Waals surface area contributed by atoms with E-state index in [1.807, 2.05) is 22.2 Å². The molecule has 2 aromatic heterocycles. The molecule has 1 N–H and O–H groups in total. The third kappa shape index (κ3) is 2.09. The predicted molar refractivity (Wildman–Crippen MR) is 85.7 cm³/mol. The molecule has 4 aliphatic rings. The van der Waals surface area contributed by atoms with Crippen molar-refractivity contribution in [1.29, 1.82) is 0 Å². The van der Waals surface area contributed by atoms with E-state index in [4.69, 9.17) is 0 Å². The molecule has 0 spiro atoms. The summed E-state index contributed by atoms with van der Waals surface area (Å²) in [7, 11) is 0. The molecule has 4 aliphatic carbocycles. The van der Waals surface area contributed by atoms with E-state index in [-0.39, 0.29) is 5.91 Å². The van der Waals surface area contributed by atoms with Gasteiger partial charge >= 0.3 is 0 Å². The summed E-state index contributed by atoms with van der Waals surface area (Å²) in [6, 6.07) is 0.434. The van der Waals surface area contributed by atoms with Gasteiger partial charge in [-0.3, -0.25) is 9.20 Å². The number of fused-ring (bicyclic) bond motifs is 1. The van der Waals surface area contributed by atoms with Crippen molar-refractivity contribution in [2.24, 2.45) is 23.7 Å². The lowest BCUT2D eigenvalue weighted by Gasteiger charge is -2.54. The van der Waals surface area contributed by atoms with Gasteiger partial charge in [0.25, 0.3) is 0 Å². The van der Waals surface area contributed by atoms with E-state index in [2.05, 4.69) is 10.3 Å². The number of amides is 1. The third-order valence-electron chi connectivity index (χ3n) is 6.04. The van der Waals surface area contributed by atoms with Gasteiger partial charge in [0.15, 0.2) is 4.96 Å². The predicted octanol–water partition coefficient (Wildman–Crippen LogP) is 2.88. The number of imidazole rings is 1. The molecule has 4 nitrogen and oxygen atoms in total. The van der Waals surface area contributed by atoms with Crippen molar-refractivity contribution in [3.05, 3.63) is 23.5 Å². The number of nitrogens with zero attached hydrogens (tertiary/aromatic N) is 2. The highest BCUT2D eigenvalue weighted by Crippen LogP contribution is 2.53. The van der Waals surface area contributed by atoms with Crippen molar-refractivity contribution in [3.63, 3.8) is 0 Å². The van der Waals surface area contributed by atoms with E-state index >= 15 is 0 Å². The molecule has 116 valence electrons. The topological polar surface area (TPSA) is 46.4 Å². The fourth-order valence-electron chi connectivity index (χ4n) is 5.42. The summed E-state index contributed by atoms with van der Waals surface area (Å²) in [6.07, 6.45) is 11.2. The Labute approximate surface area is 133 Å². The van der Waals surface area contributed by atoms with Crippen molar-refractivity contribution in [2.75, 3.05) is 0 Å². The summed E-state index contributed by atoms with van der Waals surface area (Å²) in [6.45, 7) is 0. The molecule has 0 atom stereocenters. The summed E-state index contributed by atoms with van der Waals surface area (Å²) in [4.78, 5) is 17.9. The van der Waals surface area contributed by atoms with E-state index in [9.17, 15) is 4.79 Å².